The van der Waals surface area contributed by atoms with Crippen molar-refractivity contribution in [3.05, 3.63) is 41.2 Å². The number of nitrogens with zero attached hydrogens (tertiary/aromatic N) is 3. The van der Waals surface area contributed by atoms with Gasteiger partial charge in [0.25, 0.3) is 0 Å². The van der Waals surface area contributed by atoms with Crippen LogP contribution in [0.25, 0.3) is 0 Å². The van der Waals surface area contributed by atoms with Crippen molar-refractivity contribution in [2.45, 2.75) is 20.4 Å². The number of nitrogens with one attached hydrogen (secondary N) is 1. The first-order valence-corrected chi connectivity index (χ1v) is 6.48. The number of hydrogen-bond donors (Lipinski definition) is 1. The van der Waals surface area contributed by atoms with Crippen molar-refractivity contribution in [3.8, 4) is 0 Å². The summed E-state index contributed by atoms with van der Waals surface area (Å²) < 4.78 is 1.92. The summed E-state index contributed by atoms with van der Waals surface area (Å²) in [5.74, 6) is 0. The summed E-state index contributed by atoms with van der Waals surface area (Å²) in [5, 5.41) is 7.80. The quantitative estimate of drug-likeness (QED) is 0.915. The SMILES string of the molecule is Cc1cc(CNc2ccc(C)c(N(C)C)c2)n(C)n1. The second-order valence-electron chi connectivity index (χ2n) is 5.15. The van der Waals surface area contributed by atoms with Crippen LogP contribution in [-0.2, 0) is 13.6 Å². The summed E-state index contributed by atoms with van der Waals surface area (Å²) >= 11 is 0. The first-order valence-electron chi connectivity index (χ1n) is 6.48. The summed E-state index contributed by atoms with van der Waals surface area (Å²) in [4.78, 5) is 2.13. The van der Waals surface area contributed by atoms with Gasteiger partial charge in [-0.2, -0.15) is 5.10 Å². The highest BCUT2D eigenvalue weighted by atomic mass is 15.3. The van der Waals surface area contributed by atoms with Gasteiger partial charge in [0, 0.05) is 32.5 Å². The van der Waals surface area contributed by atoms with E-state index in [2.05, 4.69) is 60.6 Å². The van der Waals surface area contributed by atoms with Crippen molar-refractivity contribution < 1.29 is 0 Å². The van der Waals surface area contributed by atoms with E-state index < -0.39 is 0 Å². The Morgan fingerprint density at radius 3 is 2.53 bits per heavy atom. The summed E-state index contributed by atoms with van der Waals surface area (Å²) in [5.41, 5.74) is 5.90. The van der Waals surface area contributed by atoms with E-state index in [0.717, 1.165) is 17.9 Å². The van der Waals surface area contributed by atoms with Crippen molar-refractivity contribution in [1.82, 2.24) is 9.78 Å². The molecule has 1 aromatic carbocycles. The smallest absolute Gasteiger partial charge is 0.0597 e. The lowest BCUT2D eigenvalue weighted by molar-refractivity contribution is 0.713. The van der Waals surface area contributed by atoms with Crippen LogP contribution < -0.4 is 10.2 Å². The Kier molecular flexibility index (Phi) is 3.79. The molecule has 0 aliphatic rings. The van der Waals surface area contributed by atoms with Gasteiger partial charge in [-0.3, -0.25) is 4.68 Å². The lowest BCUT2D eigenvalue weighted by Gasteiger charge is -2.17. The van der Waals surface area contributed by atoms with Crippen LogP contribution in [0.2, 0.25) is 0 Å². The van der Waals surface area contributed by atoms with Gasteiger partial charge in [0.1, 0.15) is 0 Å². The molecule has 0 unspecified atom stereocenters. The number of rotatable bonds is 4. The molecular formula is C15H22N4. The highest BCUT2D eigenvalue weighted by molar-refractivity contribution is 5.61. The van der Waals surface area contributed by atoms with Gasteiger partial charge in [-0.05, 0) is 37.6 Å². The van der Waals surface area contributed by atoms with Gasteiger partial charge in [0.2, 0.25) is 0 Å². The molecule has 19 heavy (non-hydrogen) atoms. The fraction of sp³-hybridized carbons (Fsp3) is 0.400. The molecule has 0 aliphatic heterocycles. The minimum Gasteiger partial charge on any atom is -0.379 e. The number of anilines is 2. The molecule has 0 saturated carbocycles. The van der Waals surface area contributed by atoms with Gasteiger partial charge >= 0.3 is 0 Å². The van der Waals surface area contributed by atoms with E-state index in [1.54, 1.807) is 0 Å². The van der Waals surface area contributed by atoms with Crippen molar-refractivity contribution in [2.24, 2.45) is 7.05 Å². The van der Waals surface area contributed by atoms with Crippen LogP contribution in [0.3, 0.4) is 0 Å². The summed E-state index contributed by atoms with van der Waals surface area (Å²) in [6.07, 6.45) is 0. The highest BCUT2D eigenvalue weighted by Crippen LogP contribution is 2.22. The fourth-order valence-corrected chi connectivity index (χ4v) is 2.22. The van der Waals surface area contributed by atoms with E-state index >= 15 is 0 Å². The molecule has 0 fully saturated rings. The molecule has 4 nitrogen and oxygen atoms in total. The minimum absolute atomic E-state index is 0.785. The minimum atomic E-state index is 0.785. The average molecular weight is 258 g/mol. The zero-order valence-electron chi connectivity index (χ0n) is 12.4. The number of aryl methyl sites for hydroxylation is 3. The zero-order valence-corrected chi connectivity index (χ0v) is 12.4. The normalized spacial score (nSPS) is 10.6. The molecule has 1 heterocycles. The molecule has 2 aromatic rings. The maximum atomic E-state index is 4.35. The Morgan fingerprint density at radius 2 is 1.95 bits per heavy atom. The van der Waals surface area contributed by atoms with Gasteiger partial charge in [-0.1, -0.05) is 6.07 Å². The molecular weight excluding hydrogens is 236 g/mol. The lowest BCUT2D eigenvalue weighted by atomic mass is 10.1. The van der Waals surface area contributed by atoms with Crippen LogP contribution in [-0.4, -0.2) is 23.9 Å². The Morgan fingerprint density at radius 1 is 1.21 bits per heavy atom. The van der Waals surface area contributed by atoms with Crippen LogP contribution in [0.15, 0.2) is 24.3 Å². The molecule has 0 atom stereocenters. The maximum absolute atomic E-state index is 4.35. The van der Waals surface area contributed by atoms with Crippen molar-refractivity contribution >= 4 is 11.4 Å². The van der Waals surface area contributed by atoms with E-state index in [0.29, 0.717) is 0 Å². The molecule has 102 valence electrons. The third-order valence-corrected chi connectivity index (χ3v) is 3.26. The number of benzene rings is 1. The fourth-order valence-electron chi connectivity index (χ4n) is 2.22. The summed E-state index contributed by atoms with van der Waals surface area (Å²) in [6.45, 7) is 4.93. The largest absolute Gasteiger partial charge is 0.379 e. The first-order chi connectivity index (χ1) is 8.97. The van der Waals surface area contributed by atoms with Crippen LogP contribution >= 0.6 is 0 Å². The average Bonchev–Trinajstić information content (AvgIpc) is 2.66. The summed E-state index contributed by atoms with van der Waals surface area (Å²) in [7, 11) is 6.11. The van der Waals surface area contributed by atoms with E-state index in [1.807, 2.05) is 18.7 Å². The van der Waals surface area contributed by atoms with Crippen LogP contribution in [0, 0.1) is 13.8 Å². The molecule has 0 radical (unpaired) electrons. The second-order valence-corrected chi connectivity index (χ2v) is 5.15. The van der Waals surface area contributed by atoms with Crippen LogP contribution in [0.1, 0.15) is 17.0 Å². The van der Waals surface area contributed by atoms with Gasteiger partial charge in [0.05, 0.1) is 17.9 Å². The third kappa shape index (κ3) is 3.08. The highest BCUT2D eigenvalue weighted by Gasteiger charge is 2.04. The van der Waals surface area contributed by atoms with E-state index in [9.17, 15) is 0 Å². The first kappa shape index (κ1) is 13.5. The molecule has 1 N–H and O–H groups in total. The van der Waals surface area contributed by atoms with Gasteiger partial charge in [-0.25, -0.2) is 0 Å². The second kappa shape index (κ2) is 5.34. The Labute approximate surface area is 115 Å². The Hall–Kier alpha value is -1.97. The lowest BCUT2D eigenvalue weighted by Crippen LogP contribution is -2.11. The predicted molar refractivity (Wildman–Crippen MR) is 80.8 cm³/mol. The molecule has 1 aromatic heterocycles. The molecule has 0 bridgehead atoms. The van der Waals surface area contributed by atoms with Gasteiger partial charge in [0.15, 0.2) is 0 Å². The number of hydrogen-bond acceptors (Lipinski definition) is 3. The summed E-state index contributed by atoms with van der Waals surface area (Å²) in [6, 6.07) is 8.55. The van der Waals surface area contributed by atoms with Crippen molar-refractivity contribution in [2.75, 3.05) is 24.3 Å². The third-order valence-electron chi connectivity index (χ3n) is 3.26. The van der Waals surface area contributed by atoms with Crippen molar-refractivity contribution in [3.63, 3.8) is 0 Å². The van der Waals surface area contributed by atoms with Gasteiger partial charge < -0.3 is 10.2 Å². The Balaban J connectivity index is 2.12. The molecule has 0 aliphatic carbocycles. The predicted octanol–water partition coefficient (Wildman–Crippen LogP) is 2.72. The molecule has 0 saturated heterocycles. The van der Waals surface area contributed by atoms with Gasteiger partial charge in [-0.15, -0.1) is 0 Å². The Bertz CT molecular complexity index is 570. The van der Waals surface area contributed by atoms with Crippen molar-refractivity contribution in [1.29, 1.82) is 0 Å². The molecule has 4 heteroatoms. The molecule has 2 rings (SSSR count). The monoisotopic (exact) mass is 258 g/mol. The van der Waals surface area contributed by atoms with Crippen LogP contribution in [0.5, 0.6) is 0 Å². The van der Waals surface area contributed by atoms with E-state index in [-0.39, 0.29) is 0 Å². The zero-order chi connectivity index (χ0) is 14.0. The molecule has 0 spiro atoms. The van der Waals surface area contributed by atoms with E-state index in [4.69, 9.17) is 0 Å². The number of aromatic nitrogens is 2. The maximum Gasteiger partial charge on any atom is 0.0597 e. The molecule has 0 amide bonds. The topological polar surface area (TPSA) is 33.1 Å². The standard InChI is InChI=1S/C15H22N4/c1-11-6-7-13(9-15(11)18(3)4)16-10-14-8-12(2)17-19(14)5/h6-9,16H,10H2,1-5H3. The van der Waals surface area contributed by atoms with E-state index in [1.165, 1.54) is 16.9 Å². The van der Waals surface area contributed by atoms with Crippen LogP contribution in [0.4, 0.5) is 11.4 Å².